The lowest BCUT2D eigenvalue weighted by molar-refractivity contribution is 0.0737. The number of carbonyl (C=O) groups excluding carboxylic acids is 1. The lowest BCUT2D eigenvalue weighted by Gasteiger charge is -2.26. The number of nitrogens with one attached hydrogen (secondary N) is 1. The second-order valence-corrected chi connectivity index (χ2v) is 6.81. The number of para-hydroxylation sites is 1. The van der Waals surface area contributed by atoms with Gasteiger partial charge in [-0.2, -0.15) is 0 Å². The predicted octanol–water partition coefficient (Wildman–Crippen LogP) is 3.92. The van der Waals surface area contributed by atoms with Gasteiger partial charge in [0, 0.05) is 23.6 Å². The van der Waals surface area contributed by atoms with Gasteiger partial charge in [0.2, 0.25) is 0 Å². The van der Waals surface area contributed by atoms with Gasteiger partial charge in [-0.25, -0.2) is 0 Å². The molecular formula is C21H20N2O3. The SMILES string of the molecule is O=C(c1c[nH]c2ccccc12)N1CCC[C@H]1c1ccc2c(c1)OCCO2. The Labute approximate surface area is 151 Å². The van der Waals surface area contributed by atoms with Crippen molar-refractivity contribution >= 4 is 16.8 Å². The van der Waals surface area contributed by atoms with Crippen molar-refractivity contribution in [2.45, 2.75) is 18.9 Å². The van der Waals surface area contributed by atoms with Crippen LogP contribution in [0.4, 0.5) is 0 Å². The van der Waals surface area contributed by atoms with E-state index in [2.05, 4.69) is 11.1 Å². The van der Waals surface area contributed by atoms with Crippen LogP contribution >= 0.6 is 0 Å². The van der Waals surface area contributed by atoms with E-state index < -0.39 is 0 Å². The lowest BCUT2D eigenvalue weighted by Crippen LogP contribution is -2.30. The minimum Gasteiger partial charge on any atom is -0.486 e. The number of nitrogens with zero attached hydrogens (tertiary/aromatic N) is 1. The molecule has 0 bridgehead atoms. The van der Waals surface area contributed by atoms with Crippen molar-refractivity contribution in [1.82, 2.24) is 9.88 Å². The molecule has 0 saturated carbocycles. The summed E-state index contributed by atoms with van der Waals surface area (Å²) in [5.74, 6) is 1.65. The first-order valence-corrected chi connectivity index (χ1v) is 9.08. The molecule has 1 aromatic heterocycles. The molecule has 1 atom stereocenters. The summed E-state index contributed by atoms with van der Waals surface area (Å²) < 4.78 is 11.3. The normalized spacial score (nSPS) is 19.1. The molecule has 2 aromatic carbocycles. The summed E-state index contributed by atoms with van der Waals surface area (Å²) in [5.41, 5.74) is 2.84. The first kappa shape index (κ1) is 15.3. The first-order valence-electron chi connectivity index (χ1n) is 9.08. The fourth-order valence-corrected chi connectivity index (χ4v) is 4.03. The van der Waals surface area contributed by atoms with Crippen molar-refractivity contribution in [3.8, 4) is 11.5 Å². The van der Waals surface area contributed by atoms with Crippen LogP contribution in [-0.4, -0.2) is 35.5 Å². The van der Waals surface area contributed by atoms with Crippen LogP contribution in [0.3, 0.4) is 0 Å². The Morgan fingerprint density at radius 3 is 2.85 bits per heavy atom. The molecule has 5 nitrogen and oxygen atoms in total. The van der Waals surface area contributed by atoms with Crippen molar-refractivity contribution in [2.24, 2.45) is 0 Å². The Morgan fingerprint density at radius 1 is 1.08 bits per heavy atom. The van der Waals surface area contributed by atoms with Crippen molar-refractivity contribution in [2.75, 3.05) is 19.8 Å². The molecule has 0 aliphatic carbocycles. The highest BCUT2D eigenvalue weighted by molar-refractivity contribution is 6.06. The summed E-state index contributed by atoms with van der Waals surface area (Å²) in [5, 5.41) is 0.977. The van der Waals surface area contributed by atoms with Crippen molar-refractivity contribution < 1.29 is 14.3 Å². The molecule has 3 aromatic rings. The summed E-state index contributed by atoms with van der Waals surface area (Å²) in [6.45, 7) is 1.93. The van der Waals surface area contributed by atoms with Gasteiger partial charge in [-0.05, 0) is 36.6 Å². The van der Waals surface area contributed by atoms with Gasteiger partial charge >= 0.3 is 0 Å². The quantitative estimate of drug-likeness (QED) is 0.764. The summed E-state index contributed by atoms with van der Waals surface area (Å²) in [7, 11) is 0. The van der Waals surface area contributed by atoms with Gasteiger partial charge in [-0.3, -0.25) is 4.79 Å². The molecule has 0 unspecified atom stereocenters. The van der Waals surface area contributed by atoms with E-state index in [0.717, 1.165) is 52.9 Å². The van der Waals surface area contributed by atoms with E-state index in [1.54, 1.807) is 0 Å². The number of aromatic amines is 1. The predicted molar refractivity (Wildman–Crippen MR) is 98.7 cm³/mol. The van der Waals surface area contributed by atoms with Crippen molar-refractivity contribution in [1.29, 1.82) is 0 Å². The summed E-state index contributed by atoms with van der Waals surface area (Å²) in [4.78, 5) is 18.4. The highest BCUT2D eigenvalue weighted by Gasteiger charge is 2.32. The number of hydrogen-bond donors (Lipinski definition) is 1. The number of carbonyl (C=O) groups is 1. The van der Waals surface area contributed by atoms with Gasteiger partial charge < -0.3 is 19.4 Å². The molecule has 132 valence electrons. The molecule has 2 aliphatic heterocycles. The van der Waals surface area contributed by atoms with Crippen LogP contribution in [0.1, 0.15) is 34.8 Å². The third-order valence-electron chi connectivity index (χ3n) is 5.28. The number of likely N-dealkylation sites (tertiary alicyclic amines) is 1. The van der Waals surface area contributed by atoms with E-state index in [1.807, 2.05) is 47.5 Å². The van der Waals surface area contributed by atoms with E-state index in [0.29, 0.717) is 13.2 Å². The number of aromatic nitrogens is 1. The number of fused-ring (bicyclic) bond motifs is 2. The molecular weight excluding hydrogens is 328 g/mol. The summed E-state index contributed by atoms with van der Waals surface area (Å²) in [6.07, 6.45) is 3.80. The van der Waals surface area contributed by atoms with Crippen molar-refractivity contribution in [3.05, 3.63) is 59.8 Å². The second-order valence-electron chi connectivity index (χ2n) is 6.81. The molecule has 26 heavy (non-hydrogen) atoms. The van der Waals surface area contributed by atoms with Crippen molar-refractivity contribution in [3.63, 3.8) is 0 Å². The third-order valence-corrected chi connectivity index (χ3v) is 5.28. The average Bonchev–Trinajstić information content (AvgIpc) is 3.34. The number of H-pyrrole nitrogens is 1. The van der Waals surface area contributed by atoms with Crippen LogP contribution in [0.2, 0.25) is 0 Å². The Balaban J connectivity index is 1.48. The van der Waals surface area contributed by atoms with Crippen LogP contribution in [0, 0.1) is 0 Å². The van der Waals surface area contributed by atoms with Gasteiger partial charge in [0.1, 0.15) is 13.2 Å². The molecule has 0 radical (unpaired) electrons. The van der Waals surface area contributed by atoms with Gasteiger partial charge in [0.25, 0.3) is 5.91 Å². The topological polar surface area (TPSA) is 54.6 Å². The van der Waals surface area contributed by atoms with E-state index in [9.17, 15) is 4.79 Å². The lowest BCUT2D eigenvalue weighted by atomic mass is 10.0. The zero-order chi connectivity index (χ0) is 17.5. The maximum absolute atomic E-state index is 13.2. The largest absolute Gasteiger partial charge is 0.486 e. The maximum Gasteiger partial charge on any atom is 0.256 e. The van der Waals surface area contributed by atoms with Gasteiger partial charge in [-0.15, -0.1) is 0 Å². The third kappa shape index (κ3) is 2.43. The van der Waals surface area contributed by atoms with Crippen LogP contribution in [0.15, 0.2) is 48.7 Å². The molecule has 1 saturated heterocycles. The first-order chi connectivity index (χ1) is 12.8. The van der Waals surface area contributed by atoms with E-state index in [1.165, 1.54) is 0 Å². The smallest absolute Gasteiger partial charge is 0.256 e. The Bertz CT molecular complexity index is 978. The van der Waals surface area contributed by atoms with Gasteiger partial charge in [-0.1, -0.05) is 24.3 Å². The van der Waals surface area contributed by atoms with E-state index in [-0.39, 0.29) is 11.9 Å². The van der Waals surface area contributed by atoms with Gasteiger partial charge in [0.15, 0.2) is 11.5 Å². The standard InChI is InChI=1S/C21H20N2O3/c24-21(16-13-22-17-5-2-1-4-15(16)17)23-9-3-6-18(23)14-7-8-19-20(12-14)26-11-10-25-19/h1-2,4-5,7-8,12-13,18,22H,3,6,9-11H2/t18-/m0/s1. The summed E-state index contributed by atoms with van der Waals surface area (Å²) in [6, 6.07) is 14.0. The molecule has 3 heterocycles. The number of hydrogen-bond acceptors (Lipinski definition) is 3. The van der Waals surface area contributed by atoms with Gasteiger partial charge in [0.05, 0.1) is 11.6 Å². The average molecular weight is 348 g/mol. The number of ether oxygens (including phenoxy) is 2. The molecule has 2 aliphatic rings. The zero-order valence-electron chi connectivity index (χ0n) is 14.4. The minimum atomic E-state index is 0.0759. The highest BCUT2D eigenvalue weighted by Crippen LogP contribution is 2.39. The molecule has 5 rings (SSSR count). The molecule has 1 N–H and O–H groups in total. The Hall–Kier alpha value is -2.95. The number of rotatable bonds is 2. The zero-order valence-corrected chi connectivity index (χ0v) is 14.4. The number of benzene rings is 2. The van der Waals surface area contributed by atoms with Crippen LogP contribution in [0.25, 0.3) is 10.9 Å². The molecule has 1 fully saturated rings. The second kappa shape index (κ2) is 6.09. The van der Waals surface area contributed by atoms with Crippen LogP contribution in [0.5, 0.6) is 11.5 Å². The Kier molecular flexibility index (Phi) is 3.59. The Morgan fingerprint density at radius 2 is 1.92 bits per heavy atom. The monoisotopic (exact) mass is 348 g/mol. The maximum atomic E-state index is 13.2. The van der Waals surface area contributed by atoms with E-state index >= 15 is 0 Å². The molecule has 0 spiro atoms. The minimum absolute atomic E-state index is 0.0759. The number of amides is 1. The fourth-order valence-electron chi connectivity index (χ4n) is 4.03. The summed E-state index contributed by atoms with van der Waals surface area (Å²) >= 11 is 0. The molecule has 5 heteroatoms. The van der Waals surface area contributed by atoms with Crippen LogP contribution < -0.4 is 9.47 Å². The fraction of sp³-hybridized carbons (Fsp3) is 0.286. The van der Waals surface area contributed by atoms with Crippen LogP contribution in [-0.2, 0) is 0 Å². The molecule has 1 amide bonds. The highest BCUT2D eigenvalue weighted by atomic mass is 16.6. The van der Waals surface area contributed by atoms with E-state index in [4.69, 9.17) is 9.47 Å².